The normalized spacial score (nSPS) is 24.7. The number of hydrogen-bond donors (Lipinski definition) is 1. The lowest BCUT2D eigenvalue weighted by Crippen LogP contribution is -2.41. The molecule has 0 saturated carbocycles. The van der Waals surface area contributed by atoms with Crippen molar-refractivity contribution in [2.45, 2.75) is 31.6 Å². The molecule has 1 aliphatic heterocycles. The third-order valence-corrected chi connectivity index (χ3v) is 4.13. The quantitative estimate of drug-likeness (QED) is 0.738. The van der Waals surface area contributed by atoms with Gasteiger partial charge in [-0.05, 0) is 19.1 Å². The molecule has 9 heteroatoms. The van der Waals surface area contributed by atoms with E-state index >= 15 is 0 Å². The molecule has 1 aromatic carbocycles. The molecule has 1 aromatic heterocycles. The van der Waals surface area contributed by atoms with Gasteiger partial charge in [0, 0.05) is 26.0 Å². The molecule has 0 radical (unpaired) electrons. The molecule has 0 amide bonds. The number of ether oxygens (including phenoxy) is 4. The van der Waals surface area contributed by atoms with Crippen LogP contribution in [0.15, 0.2) is 52.2 Å². The molecule has 1 fully saturated rings. The number of nitrogens with zero attached hydrogens (tertiary/aromatic N) is 1. The van der Waals surface area contributed by atoms with Crippen molar-refractivity contribution in [3.05, 3.63) is 69.0 Å². The molecule has 0 aliphatic carbocycles. The first kappa shape index (κ1) is 19.0. The summed E-state index contributed by atoms with van der Waals surface area (Å²) in [6, 6.07) is 9.67. The summed E-state index contributed by atoms with van der Waals surface area (Å²) in [6.07, 6.45) is -2.31. The van der Waals surface area contributed by atoms with Gasteiger partial charge < -0.3 is 18.9 Å². The molecule has 0 bridgehead atoms. The average molecular weight is 376 g/mol. The Bertz CT molecular complexity index is 892. The minimum absolute atomic E-state index is 0.299. The lowest BCUT2D eigenvalue weighted by atomic mass is 10.2. The number of methoxy groups -OCH3 is 1. The Morgan fingerprint density at radius 2 is 1.93 bits per heavy atom. The molecular weight excluding hydrogens is 356 g/mol. The number of rotatable bonds is 6. The number of H-pyrrole nitrogens is 1. The van der Waals surface area contributed by atoms with Crippen LogP contribution in [0.1, 0.15) is 23.5 Å². The molecule has 1 aliphatic rings. The first-order chi connectivity index (χ1) is 13.0. The largest absolute Gasteiger partial charge is 0.450 e. The topological polar surface area (TPSA) is 109 Å². The van der Waals surface area contributed by atoms with Crippen molar-refractivity contribution in [2.24, 2.45) is 0 Å². The van der Waals surface area contributed by atoms with Crippen LogP contribution in [0.5, 0.6) is 0 Å². The number of carbonyl (C=O) groups is 1. The summed E-state index contributed by atoms with van der Waals surface area (Å²) in [7, 11) is 1.41. The SMILES string of the molecule is CCO[C@H]1O[C@@H](n2ccc(=O)[nH]c2=O)[C@@H](OC)C1OC(=O)c1ccccc1. The smallest absolute Gasteiger partial charge is 0.338 e. The molecule has 27 heavy (non-hydrogen) atoms. The second-order valence-corrected chi connectivity index (χ2v) is 5.80. The monoisotopic (exact) mass is 376 g/mol. The van der Waals surface area contributed by atoms with Crippen LogP contribution in [0, 0.1) is 0 Å². The van der Waals surface area contributed by atoms with Gasteiger partial charge in [-0.1, -0.05) is 18.2 Å². The summed E-state index contributed by atoms with van der Waals surface area (Å²) in [4.78, 5) is 38.1. The number of nitrogens with one attached hydrogen (secondary N) is 1. The molecule has 0 spiro atoms. The minimum atomic E-state index is -0.940. The van der Waals surface area contributed by atoms with Gasteiger partial charge in [0.05, 0.1) is 5.56 Å². The van der Waals surface area contributed by atoms with Crippen LogP contribution >= 0.6 is 0 Å². The van der Waals surface area contributed by atoms with E-state index in [1.807, 2.05) is 0 Å². The number of carbonyl (C=O) groups excluding carboxylic acids is 1. The second-order valence-electron chi connectivity index (χ2n) is 5.80. The summed E-state index contributed by atoms with van der Waals surface area (Å²) in [5.41, 5.74) is -0.830. The van der Waals surface area contributed by atoms with Gasteiger partial charge in [0.15, 0.2) is 18.6 Å². The van der Waals surface area contributed by atoms with Crippen LogP contribution in [0.4, 0.5) is 0 Å². The first-order valence-electron chi connectivity index (χ1n) is 8.42. The van der Waals surface area contributed by atoms with E-state index in [4.69, 9.17) is 18.9 Å². The molecule has 9 nitrogen and oxygen atoms in total. The van der Waals surface area contributed by atoms with Gasteiger partial charge in [-0.15, -0.1) is 0 Å². The number of hydrogen-bond acceptors (Lipinski definition) is 7. The number of aromatic amines is 1. The third-order valence-electron chi connectivity index (χ3n) is 4.13. The van der Waals surface area contributed by atoms with Gasteiger partial charge in [0.2, 0.25) is 0 Å². The Kier molecular flexibility index (Phi) is 5.84. The van der Waals surface area contributed by atoms with Gasteiger partial charge >= 0.3 is 11.7 Å². The van der Waals surface area contributed by atoms with E-state index in [0.29, 0.717) is 12.2 Å². The maximum Gasteiger partial charge on any atom is 0.338 e. The zero-order chi connectivity index (χ0) is 19.4. The Morgan fingerprint density at radius 3 is 2.56 bits per heavy atom. The number of esters is 1. The average Bonchev–Trinajstić information content (AvgIpc) is 2.99. The second kappa shape index (κ2) is 8.30. The molecule has 2 aromatic rings. The fourth-order valence-electron chi connectivity index (χ4n) is 2.90. The highest BCUT2D eigenvalue weighted by atomic mass is 16.7. The Labute approximate surface area is 154 Å². The van der Waals surface area contributed by atoms with E-state index in [1.54, 1.807) is 37.3 Å². The van der Waals surface area contributed by atoms with Crippen molar-refractivity contribution in [1.29, 1.82) is 0 Å². The van der Waals surface area contributed by atoms with Crippen LogP contribution in [0.3, 0.4) is 0 Å². The maximum absolute atomic E-state index is 12.5. The van der Waals surface area contributed by atoms with Crippen LogP contribution in [0.2, 0.25) is 0 Å². The summed E-state index contributed by atoms with van der Waals surface area (Å²) < 4.78 is 23.5. The molecule has 3 rings (SSSR count). The van der Waals surface area contributed by atoms with Gasteiger partial charge in [-0.2, -0.15) is 0 Å². The molecule has 4 atom stereocenters. The van der Waals surface area contributed by atoms with E-state index in [9.17, 15) is 14.4 Å². The summed E-state index contributed by atoms with van der Waals surface area (Å²) >= 11 is 0. The highest BCUT2D eigenvalue weighted by molar-refractivity contribution is 5.89. The molecule has 2 heterocycles. The van der Waals surface area contributed by atoms with Crippen LogP contribution in [-0.2, 0) is 18.9 Å². The third kappa shape index (κ3) is 4.00. The standard InChI is InChI=1S/C18H20N2O7/c1-3-25-17-14(26-16(22)11-7-5-4-6-8-11)13(24-2)15(27-17)20-10-9-12(21)19-18(20)23/h4-10,13-15,17H,3H2,1-2H3,(H,19,21,23)/t13-,14?,15+,17-/m0/s1. The minimum Gasteiger partial charge on any atom is -0.450 e. The van der Waals surface area contributed by atoms with Crippen molar-refractivity contribution >= 4 is 5.97 Å². The lowest BCUT2D eigenvalue weighted by Gasteiger charge is -2.23. The Hall–Kier alpha value is -2.75. The van der Waals surface area contributed by atoms with Gasteiger partial charge in [-0.3, -0.25) is 14.3 Å². The van der Waals surface area contributed by atoms with E-state index in [1.165, 1.54) is 19.4 Å². The molecule has 1 saturated heterocycles. The highest BCUT2D eigenvalue weighted by Gasteiger charge is 2.49. The fourth-order valence-corrected chi connectivity index (χ4v) is 2.90. The first-order valence-corrected chi connectivity index (χ1v) is 8.42. The summed E-state index contributed by atoms with van der Waals surface area (Å²) in [5.74, 6) is -0.564. The van der Waals surface area contributed by atoms with E-state index in [2.05, 4.69) is 4.98 Å². The molecule has 1 unspecified atom stereocenters. The number of aromatic nitrogens is 2. The van der Waals surface area contributed by atoms with E-state index in [0.717, 1.165) is 4.57 Å². The predicted octanol–water partition coefficient (Wildman–Crippen LogP) is 0.669. The van der Waals surface area contributed by atoms with E-state index in [-0.39, 0.29) is 0 Å². The maximum atomic E-state index is 12.5. The van der Waals surface area contributed by atoms with Gasteiger partial charge in [0.25, 0.3) is 5.56 Å². The van der Waals surface area contributed by atoms with Crippen molar-refractivity contribution in [1.82, 2.24) is 9.55 Å². The van der Waals surface area contributed by atoms with Crippen molar-refractivity contribution in [3.8, 4) is 0 Å². The Balaban J connectivity index is 1.89. The zero-order valence-electron chi connectivity index (χ0n) is 14.9. The van der Waals surface area contributed by atoms with Gasteiger partial charge in [0.1, 0.15) is 6.10 Å². The van der Waals surface area contributed by atoms with Crippen LogP contribution in [-0.4, -0.2) is 47.7 Å². The predicted molar refractivity (Wildman–Crippen MR) is 93.3 cm³/mol. The van der Waals surface area contributed by atoms with Crippen LogP contribution in [0.25, 0.3) is 0 Å². The van der Waals surface area contributed by atoms with Crippen LogP contribution < -0.4 is 11.2 Å². The van der Waals surface area contributed by atoms with Gasteiger partial charge in [-0.25, -0.2) is 9.59 Å². The lowest BCUT2D eigenvalue weighted by molar-refractivity contribution is -0.175. The molecular formula is C18H20N2O7. The van der Waals surface area contributed by atoms with Crippen molar-refractivity contribution < 1.29 is 23.7 Å². The highest BCUT2D eigenvalue weighted by Crippen LogP contribution is 2.33. The molecule has 144 valence electrons. The zero-order valence-corrected chi connectivity index (χ0v) is 14.9. The van der Waals surface area contributed by atoms with Crippen molar-refractivity contribution in [2.75, 3.05) is 13.7 Å². The summed E-state index contributed by atoms with van der Waals surface area (Å²) in [6.45, 7) is 2.06. The fraction of sp³-hybridized carbons (Fsp3) is 0.389. The Morgan fingerprint density at radius 1 is 1.19 bits per heavy atom. The van der Waals surface area contributed by atoms with E-state index < -0.39 is 41.9 Å². The molecule has 1 N–H and O–H groups in total. The van der Waals surface area contributed by atoms with Crippen molar-refractivity contribution in [3.63, 3.8) is 0 Å². The number of benzene rings is 1. The summed E-state index contributed by atoms with van der Waals surface area (Å²) in [5, 5.41) is 0.